The van der Waals surface area contributed by atoms with Crippen molar-refractivity contribution in [2.45, 2.75) is 25.8 Å². The highest BCUT2D eigenvalue weighted by atomic mass is 16.2. The first-order valence-corrected chi connectivity index (χ1v) is 7.96. The number of amides is 1. The monoisotopic (exact) mass is 306 g/mol. The Labute approximate surface area is 134 Å². The van der Waals surface area contributed by atoms with Crippen LogP contribution in [0.1, 0.15) is 41.0 Å². The van der Waals surface area contributed by atoms with Crippen LogP contribution in [0.25, 0.3) is 5.65 Å². The van der Waals surface area contributed by atoms with Gasteiger partial charge in [0.05, 0.1) is 6.04 Å². The highest BCUT2D eigenvalue weighted by Crippen LogP contribution is 2.33. The minimum absolute atomic E-state index is 0.0387. The van der Waals surface area contributed by atoms with E-state index in [0.29, 0.717) is 11.3 Å². The molecule has 0 N–H and O–H groups in total. The molecule has 1 aliphatic rings. The van der Waals surface area contributed by atoms with Crippen LogP contribution in [0, 0.1) is 0 Å². The van der Waals surface area contributed by atoms with Gasteiger partial charge in [-0.25, -0.2) is 9.97 Å². The first-order valence-electron chi connectivity index (χ1n) is 7.96. The van der Waals surface area contributed by atoms with Crippen LogP contribution in [0.4, 0.5) is 0 Å². The van der Waals surface area contributed by atoms with Gasteiger partial charge in [-0.2, -0.15) is 0 Å². The van der Waals surface area contributed by atoms with E-state index in [4.69, 9.17) is 0 Å². The van der Waals surface area contributed by atoms with E-state index < -0.39 is 0 Å². The zero-order valence-corrected chi connectivity index (χ0v) is 13.0. The molecular weight excluding hydrogens is 288 g/mol. The quantitative estimate of drug-likeness (QED) is 0.731. The van der Waals surface area contributed by atoms with Crippen LogP contribution in [0.2, 0.25) is 0 Å². The summed E-state index contributed by atoms with van der Waals surface area (Å²) in [6.45, 7) is 2.84. The van der Waals surface area contributed by atoms with Crippen LogP contribution in [0.5, 0.6) is 0 Å². The van der Waals surface area contributed by atoms with E-state index in [0.717, 1.165) is 19.4 Å². The fourth-order valence-corrected chi connectivity index (χ4v) is 3.48. The summed E-state index contributed by atoms with van der Waals surface area (Å²) in [6, 6.07) is 8.50. The summed E-state index contributed by atoms with van der Waals surface area (Å²) in [7, 11) is 0. The number of carbonyl (C=O) groups is 1. The molecule has 0 fully saturated rings. The average molecular weight is 306 g/mol. The van der Waals surface area contributed by atoms with Gasteiger partial charge in [-0.05, 0) is 24.0 Å². The Morgan fingerprint density at radius 1 is 1.22 bits per heavy atom. The van der Waals surface area contributed by atoms with Crippen molar-refractivity contribution in [1.82, 2.24) is 19.3 Å². The third-order valence-corrected chi connectivity index (χ3v) is 4.57. The van der Waals surface area contributed by atoms with Crippen molar-refractivity contribution in [2.75, 3.05) is 6.54 Å². The number of imidazole rings is 1. The van der Waals surface area contributed by atoms with E-state index in [1.54, 1.807) is 12.4 Å². The summed E-state index contributed by atoms with van der Waals surface area (Å²) in [5.41, 5.74) is 3.64. The van der Waals surface area contributed by atoms with Crippen molar-refractivity contribution >= 4 is 11.6 Å². The van der Waals surface area contributed by atoms with Crippen LogP contribution in [0.15, 0.2) is 49.1 Å². The number of aromatic nitrogens is 3. The average Bonchev–Trinajstić information content (AvgIpc) is 3.08. The molecule has 3 aromatic rings. The third-order valence-electron chi connectivity index (χ3n) is 4.57. The molecule has 0 saturated heterocycles. The van der Waals surface area contributed by atoms with E-state index in [1.165, 1.54) is 11.1 Å². The molecule has 3 heterocycles. The van der Waals surface area contributed by atoms with Gasteiger partial charge < -0.3 is 9.30 Å². The number of benzene rings is 1. The number of carbonyl (C=O) groups excluding carboxylic acids is 1. The Balaban J connectivity index is 1.75. The highest BCUT2D eigenvalue weighted by Gasteiger charge is 2.31. The second-order valence-electron chi connectivity index (χ2n) is 5.81. The van der Waals surface area contributed by atoms with Crippen LogP contribution in [-0.2, 0) is 6.42 Å². The van der Waals surface area contributed by atoms with Gasteiger partial charge in [-0.3, -0.25) is 4.79 Å². The van der Waals surface area contributed by atoms with E-state index in [2.05, 4.69) is 35.1 Å². The molecule has 1 aliphatic heterocycles. The summed E-state index contributed by atoms with van der Waals surface area (Å²) in [6.07, 6.45) is 8.76. The van der Waals surface area contributed by atoms with Gasteiger partial charge in [0, 0.05) is 31.3 Å². The highest BCUT2D eigenvalue weighted by molar-refractivity contribution is 5.98. The topological polar surface area (TPSA) is 50.5 Å². The van der Waals surface area contributed by atoms with Gasteiger partial charge in [0.15, 0.2) is 11.3 Å². The molecule has 0 saturated carbocycles. The maximum Gasteiger partial charge on any atom is 0.276 e. The second-order valence-corrected chi connectivity index (χ2v) is 5.81. The maximum atomic E-state index is 13.1. The summed E-state index contributed by atoms with van der Waals surface area (Å²) in [4.78, 5) is 23.6. The van der Waals surface area contributed by atoms with Gasteiger partial charge in [-0.1, -0.05) is 31.2 Å². The van der Waals surface area contributed by atoms with E-state index >= 15 is 0 Å². The molecular formula is C18H18N4O. The summed E-state index contributed by atoms with van der Waals surface area (Å²) < 4.78 is 1.83. The minimum Gasteiger partial charge on any atom is -0.330 e. The molecule has 1 atom stereocenters. The predicted octanol–water partition coefficient (Wildman–Crippen LogP) is 2.88. The second kappa shape index (κ2) is 5.50. The zero-order valence-electron chi connectivity index (χ0n) is 13.0. The normalized spacial score (nSPS) is 17.3. The smallest absolute Gasteiger partial charge is 0.276 e. The SMILES string of the molecule is CCC1c2ccccc2CCN1C(=O)c1nccn2ccnc12. The Bertz CT molecular complexity index is 870. The molecule has 0 spiro atoms. The van der Waals surface area contributed by atoms with Crippen LogP contribution < -0.4 is 0 Å². The van der Waals surface area contributed by atoms with Gasteiger partial charge in [-0.15, -0.1) is 0 Å². The lowest BCUT2D eigenvalue weighted by Crippen LogP contribution is -2.40. The fourth-order valence-electron chi connectivity index (χ4n) is 3.48. The van der Waals surface area contributed by atoms with Crippen molar-refractivity contribution in [2.24, 2.45) is 0 Å². The first-order chi connectivity index (χ1) is 11.3. The molecule has 0 aliphatic carbocycles. The third kappa shape index (κ3) is 2.20. The Kier molecular flexibility index (Phi) is 3.33. The van der Waals surface area contributed by atoms with Crippen molar-refractivity contribution < 1.29 is 4.79 Å². The van der Waals surface area contributed by atoms with Gasteiger partial charge >= 0.3 is 0 Å². The first kappa shape index (κ1) is 13.9. The molecule has 1 amide bonds. The number of rotatable bonds is 2. The lowest BCUT2D eigenvalue weighted by Gasteiger charge is -2.36. The molecule has 5 nitrogen and oxygen atoms in total. The van der Waals surface area contributed by atoms with E-state index in [9.17, 15) is 4.79 Å². The molecule has 2 aromatic heterocycles. The molecule has 0 bridgehead atoms. The predicted molar refractivity (Wildman–Crippen MR) is 87.2 cm³/mol. The minimum atomic E-state index is -0.0387. The van der Waals surface area contributed by atoms with E-state index in [1.807, 2.05) is 27.8 Å². The summed E-state index contributed by atoms with van der Waals surface area (Å²) in [5, 5.41) is 0. The molecule has 1 aromatic carbocycles. The molecule has 5 heteroatoms. The molecule has 1 unspecified atom stereocenters. The van der Waals surface area contributed by atoms with Crippen molar-refractivity contribution in [1.29, 1.82) is 0 Å². The molecule has 23 heavy (non-hydrogen) atoms. The Hall–Kier alpha value is -2.69. The largest absolute Gasteiger partial charge is 0.330 e. The van der Waals surface area contributed by atoms with Crippen molar-refractivity contribution in [3.05, 3.63) is 65.9 Å². The fraction of sp³-hybridized carbons (Fsp3) is 0.278. The van der Waals surface area contributed by atoms with Crippen molar-refractivity contribution in [3.8, 4) is 0 Å². The van der Waals surface area contributed by atoms with Gasteiger partial charge in [0.1, 0.15) is 0 Å². The lowest BCUT2D eigenvalue weighted by atomic mass is 9.91. The van der Waals surface area contributed by atoms with Crippen molar-refractivity contribution in [3.63, 3.8) is 0 Å². The van der Waals surface area contributed by atoms with Crippen LogP contribution in [-0.4, -0.2) is 31.7 Å². The molecule has 4 rings (SSSR count). The van der Waals surface area contributed by atoms with Gasteiger partial charge in [0.2, 0.25) is 0 Å². The summed E-state index contributed by atoms with van der Waals surface area (Å²) in [5.74, 6) is -0.0387. The Morgan fingerprint density at radius 2 is 2.00 bits per heavy atom. The van der Waals surface area contributed by atoms with Crippen LogP contribution in [0.3, 0.4) is 0 Å². The molecule has 0 radical (unpaired) electrons. The number of nitrogens with zero attached hydrogens (tertiary/aromatic N) is 4. The van der Waals surface area contributed by atoms with Gasteiger partial charge in [0.25, 0.3) is 5.91 Å². The van der Waals surface area contributed by atoms with E-state index in [-0.39, 0.29) is 11.9 Å². The number of hydrogen-bond donors (Lipinski definition) is 0. The standard InChI is InChI=1S/C18H18N4O/c1-2-15-14-6-4-3-5-13(14)7-10-22(15)18(23)16-17-20-9-12-21(17)11-8-19-16/h3-6,8-9,11-12,15H,2,7,10H2,1H3. The maximum absolute atomic E-state index is 13.1. The molecule has 116 valence electrons. The number of hydrogen-bond acceptors (Lipinski definition) is 3. The zero-order chi connectivity index (χ0) is 15.8. The summed E-state index contributed by atoms with van der Waals surface area (Å²) >= 11 is 0. The Morgan fingerprint density at radius 3 is 2.83 bits per heavy atom. The number of fused-ring (bicyclic) bond motifs is 2. The lowest BCUT2D eigenvalue weighted by molar-refractivity contribution is 0.0651. The van der Waals surface area contributed by atoms with Crippen LogP contribution >= 0.6 is 0 Å².